The second-order valence-corrected chi connectivity index (χ2v) is 4.36. The Morgan fingerprint density at radius 3 is 2.59 bits per heavy atom. The molecule has 5 heteroatoms. The fraction of sp³-hybridized carbons (Fsp3) is 0.833. The summed E-state index contributed by atoms with van der Waals surface area (Å²) in [7, 11) is 0. The van der Waals surface area contributed by atoms with Gasteiger partial charge in [0, 0.05) is 0 Å². The minimum absolute atomic E-state index is 0.0363. The summed E-state index contributed by atoms with van der Waals surface area (Å²) in [6.07, 6.45) is 4.30. The van der Waals surface area contributed by atoms with Gasteiger partial charge in [-0.3, -0.25) is 14.9 Å². The highest BCUT2D eigenvalue weighted by molar-refractivity contribution is 5.71. The quantitative estimate of drug-likeness (QED) is 0.274. The molecule has 0 spiro atoms. The predicted octanol–water partition coefficient (Wildman–Crippen LogP) is 1.61. The third-order valence-corrected chi connectivity index (χ3v) is 2.26. The number of rotatable bonds is 10. The normalized spacial score (nSPS) is 11.0. The molecule has 0 unspecified atom stereocenters. The molecule has 0 aliphatic heterocycles. The van der Waals surface area contributed by atoms with Crippen molar-refractivity contribution in [3.63, 3.8) is 0 Å². The molecule has 5 nitrogen and oxygen atoms in total. The van der Waals surface area contributed by atoms with Crippen molar-refractivity contribution in [1.82, 2.24) is 5.32 Å². The van der Waals surface area contributed by atoms with Gasteiger partial charge in [0.25, 0.3) is 6.47 Å². The zero-order valence-electron chi connectivity index (χ0n) is 11.0. The molecule has 0 aliphatic carbocycles. The molecule has 1 N–H and O–H groups in total. The molecule has 0 bridgehead atoms. The van der Waals surface area contributed by atoms with Crippen molar-refractivity contribution in [3.05, 3.63) is 0 Å². The topological polar surface area (TPSA) is 64.6 Å². The Labute approximate surface area is 103 Å². The van der Waals surface area contributed by atoms with Crippen molar-refractivity contribution in [2.24, 2.45) is 0 Å². The van der Waals surface area contributed by atoms with Gasteiger partial charge in [0.2, 0.25) is 0 Å². The molecule has 0 saturated heterocycles. The van der Waals surface area contributed by atoms with Crippen LogP contribution in [0.2, 0.25) is 0 Å². The Hall–Kier alpha value is -1.10. The van der Waals surface area contributed by atoms with Gasteiger partial charge in [-0.25, -0.2) is 0 Å². The van der Waals surface area contributed by atoms with Crippen LogP contribution in [0.15, 0.2) is 0 Å². The lowest BCUT2D eigenvalue weighted by molar-refractivity contribution is -0.150. The van der Waals surface area contributed by atoms with Crippen LogP contribution in [0, 0.1) is 0 Å². The number of carbonyl (C=O) groups is 2. The van der Waals surface area contributed by atoms with Gasteiger partial charge >= 0.3 is 5.97 Å². The van der Waals surface area contributed by atoms with Crippen LogP contribution < -0.4 is 5.32 Å². The van der Waals surface area contributed by atoms with E-state index in [9.17, 15) is 9.59 Å². The van der Waals surface area contributed by atoms with Crippen molar-refractivity contribution >= 4 is 12.4 Å². The molecule has 0 aromatic heterocycles. The Kier molecular flexibility index (Phi) is 8.40. The molecule has 0 aromatic rings. The largest absolute Gasteiger partial charge is 0.465 e. The number of ether oxygens (including phenoxy) is 2. The maximum absolute atomic E-state index is 11.3. The summed E-state index contributed by atoms with van der Waals surface area (Å²) in [5, 5.41) is 2.78. The highest BCUT2D eigenvalue weighted by Crippen LogP contribution is 2.02. The number of esters is 1. The van der Waals surface area contributed by atoms with Gasteiger partial charge in [0.05, 0.1) is 13.2 Å². The molecule has 100 valence electrons. The first-order chi connectivity index (χ1) is 8.02. The van der Waals surface area contributed by atoms with Crippen LogP contribution in [0.4, 0.5) is 0 Å². The van der Waals surface area contributed by atoms with E-state index in [2.05, 4.69) is 12.2 Å². The lowest BCUT2D eigenvalue weighted by Crippen LogP contribution is -2.44. The molecule has 17 heavy (non-hydrogen) atoms. The molecule has 0 aliphatic rings. The maximum Gasteiger partial charge on any atom is 0.320 e. The third kappa shape index (κ3) is 9.81. The minimum atomic E-state index is -0.844. The second-order valence-electron chi connectivity index (χ2n) is 4.36. The summed E-state index contributed by atoms with van der Waals surface area (Å²) in [6, 6.07) is 0. The summed E-state index contributed by atoms with van der Waals surface area (Å²) in [5.41, 5.74) is -0.844. The van der Waals surface area contributed by atoms with Crippen LogP contribution in [-0.4, -0.2) is 31.3 Å². The lowest BCUT2D eigenvalue weighted by Gasteiger charge is -2.23. The standard InChI is InChI=1S/C12H23NO4/c1-4-5-6-7-8-16-11(15)9-13-12(2,3)17-10-14/h10,13H,4-9H2,1-3H3. The Balaban J connectivity index is 3.55. The van der Waals surface area contributed by atoms with E-state index in [1.807, 2.05) is 0 Å². The fourth-order valence-electron chi connectivity index (χ4n) is 1.21. The summed E-state index contributed by atoms with van der Waals surface area (Å²) in [6.45, 7) is 6.30. The van der Waals surface area contributed by atoms with Crippen LogP contribution in [0.1, 0.15) is 46.5 Å². The molecular weight excluding hydrogens is 222 g/mol. The van der Waals surface area contributed by atoms with E-state index in [1.54, 1.807) is 13.8 Å². The first-order valence-corrected chi connectivity index (χ1v) is 6.04. The van der Waals surface area contributed by atoms with Crippen molar-refractivity contribution in [1.29, 1.82) is 0 Å². The summed E-state index contributed by atoms with van der Waals surface area (Å²) in [5.74, 6) is -0.330. The van der Waals surface area contributed by atoms with Crippen molar-refractivity contribution in [3.8, 4) is 0 Å². The first kappa shape index (κ1) is 15.9. The van der Waals surface area contributed by atoms with Crippen LogP contribution >= 0.6 is 0 Å². The Morgan fingerprint density at radius 1 is 1.29 bits per heavy atom. The lowest BCUT2D eigenvalue weighted by atomic mass is 10.2. The molecule has 0 fully saturated rings. The van der Waals surface area contributed by atoms with E-state index in [4.69, 9.17) is 9.47 Å². The Bertz CT molecular complexity index is 229. The van der Waals surface area contributed by atoms with Gasteiger partial charge in [-0.15, -0.1) is 0 Å². The zero-order valence-corrected chi connectivity index (χ0v) is 11.0. The molecule has 0 saturated carbocycles. The minimum Gasteiger partial charge on any atom is -0.465 e. The summed E-state index contributed by atoms with van der Waals surface area (Å²) in [4.78, 5) is 21.5. The Morgan fingerprint density at radius 2 is 2.00 bits per heavy atom. The molecule has 0 heterocycles. The first-order valence-electron chi connectivity index (χ1n) is 6.04. The van der Waals surface area contributed by atoms with Crippen molar-refractivity contribution in [2.75, 3.05) is 13.2 Å². The van der Waals surface area contributed by atoms with E-state index in [1.165, 1.54) is 0 Å². The van der Waals surface area contributed by atoms with E-state index in [0.29, 0.717) is 13.1 Å². The number of hydrogen-bond acceptors (Lipinski definition) is 5. The summed E-state index contributed by atoms with van der Waals surface area (Å²) >= 11 is 0. The monoisotopic (exact) mass is 245 g/mol. The number of carbonyl (C=O) groups excluding carboxylic acids is 2. The fourth-order valence-corrected chi connectivity index (χ4v) is 1.21. The smallest absolute Gasteiger partial charge is 0.320 e. The van der Waals surface area contributed by atoms with E-state index in [0.717, 1.165) is 25.7 Å². The molecule has 0 amide bonds. The summed E-state index contributed by atoms with van der Waals surface area (Å²) < 4.78 is 9.75. The van der Waals surface area contributed by atoms with Gasteiger partial charge in [-0.1, -0.05) is 26.2 Å². The average molecular weight is 245 g/mol. The number of nitrogens with one attached hydrogen (secondary N) is 1. The van der Waals surface area contributed by atoms with E-state index in [-0.39, 0.29) is 12.5 Å². The molecule has 0 aromatic carbocycles. The third-order valence-electron chi connectivity index (χ3n) is 2.26. The second kappa shape index (κ2) is 8.98. The van der Waals surface area contributed by atoms with Gasteiger partial charge in [-0.05, 0) is 20.3 Å². The van der Waals surface area contributed by atoms with Gasteiger partial charge in [0.1, 0.15) is 0 Å². The number of unbranched alkanes of at least 4 members (excludes halogenated alkanes) is 3. The predicted molar refractivity (Wildman–Crippen MR) is 64.3 cm³/mol. The van der Waals surface area contributed by atoms with Gasteiger partial charge in [-0.2, -0.15) is 0 Å². The molecule has 0 radical (unpaired) electrons. The van der Waals surface area contributed by atoms with E-state index >= 15 is 0 Å². The van der Waals surface area contributed by atoms with E-state index < -0.39 is 5.72 Å². The average Bonchev–Trinajstić information content (AvgIpc) is 2.26. The molecule has 0 rings (SSSR count). The number of hydrogen-bond donors (Lipinski definition) is 1. The molecular formula is C12H23NO4. The molecule has 0 atom stereocenters. The highest BCUT2D eigenvalue weighted by atomic mass is 16.6. The van der Waals surface area contributed by atoms with Crippen molar-refractivity contribution in [2.45, 2.75) is 52.2 Å². The highest BCUT2D eigenvalue weighted by Gasteiger charge is 2.19. The van der Waals surface area contributed by atoms with Crippen LogP contribution in [0.5, 0.6) is 0 Å². The SMILES string of the molecule is CCCCCCOC(=O)CNC(C)(C)OC=O. The van der Waals surface area contributed by atoms with Crippen LogP contribution in [0.25, 0.3) is 0 Å². The maximum atomic E-state index is 11.3. The van der Waals surface area contributed by atoms with Crippen LogP contribution in [-0.2, 0) is 19.1 Å². The van der Waals surface area contributed by atoms with Gasteiger partial charge < -0.3 is 9.47 Å². The van der Waals surface area contributed by atoms with Crippen molar-refractivity contribution < 1.29 is 19.1 Å². The zero-order chi connectivity index (χ0) is 13.1. The van der Waals surface area contributed by atoms with Crippen LogP contribution in [0.3, 0.4) is 0 Å². The van der Waals surface area contributed by atoms with Gasteiger partial charge in [0.15, 0.2) is 5.72 Å².